The van der Waals surface area contributed by atoms with E-state index in [1.165, 1.54) is 32.8 Å². The van der Waals surface area contributed by atoms with Crippen molar-refractivity contribution < 1.29 is 14.6 Å². The van der Waals surface area contributed by atoms with E-state index in [1.54, 1.807) is 0 Å². The molecule has 0 saturated carbocycles. The lowest BCUT2D eigenvalue weighted by Crippen LogP contribution is -2.10. The second kappa shape index (κ2) is 9.97. The van der Waals surface area contributed by atoms with E-state index in [-0.39, 0.29) is 12.1 Å². The van der Waals surface area contributed by atoms with Crippen LogP contribution in [0.15, 0.2) is 0 Å². The van der Waals surface area contributed by atoms with Gasteiger partial charge in [-0.05, 0) is 12.8 Å². The Balaban J connectivity index is 3.25. The number of hydrogen-bond acceptors (Lipinski definition) is 3. The molecule has 0 aliphatic carbocycles. The Morgan fingerprint density at radius 1 is 1.20 bits per heavy atom. The zero-order chi connectivity index (χ0) is 11.5. The van der Waals surface area contributed by atoms with Crippen molar-refractivity contribution in [2.75, 3.05) is 7.11 Å². The molecular weight excluding hydrogens is 192 g/mol. The van der Waals surface area contributed by atoms with Crippen LogP contribution in [0.2, 0.25) is 0 Å². The van der Waals surface area contributed by atoms with Crippen molar-refractivity contribution in [1.82, 2.24) is 0 Å². The summed E-state index contributed by atoms with van der Waals surface area (Å²) in [5.41, 5.74) is 0. The third-order valence-corrected chi connectivity index (χ3v) is 2.55. The SMILES string of the molecule is CCCCCCCC(O)CCC(=O)OC. The molecule has 0 fully saturated rings. The van der Waals surface area contributed by atoms with Gasteiger partial charge in [0.15, 0.2) is 0 Å². The van der Waals surface area contributed by atoms with Gasteiger partial charge < -0.3 is 9.84 Å². The van der Waals surface area contributed by atoms with Crippen molar-refractivity contribution in [2.24, 2.45) is 0 Å². The number of unbranched alkanes of at least 4 members (excludes halogenated alkanes) is 4. The summed E-state index contributed by atoms with van der Waals surface area (Å²) in [5.74, 6) is -0.236. The van der Waals surface area contributed by atoms with E-state index in [0.29, 0.717) is 12.8 Å². The number of carbonyl (C=O) groups is 1. The summed E-state index contributed by atoms with van der Waals surface area (Å²) >= 11 is 0. The molecule has 0 amide bonds. The average Bonchev–Trinajstić information content (AvgIpc) is 2.25. The van der Waals surface area contributed by atoms with Crippen molar-refractivity contribution in [3.63, 3.8) is 0 Å². The van der Waals surface area contributed by atoms with Gasteiger partial charge >= 0.3 is 5.97 Å². The molecule has 1 atom stereocenters. The summed E-state index contributed by atoms with van der Waals surface area (Å²) in [4.78, 5) is 10.8. The fourth-order valence-electron chi connectivity index (χ4n) is 1.51. The minimum Gasteiger partial charge on any atom is -0.469 e. The Morgan fingerprint density at radius 2 is 1.87 bits per heavy atom. The van der Waals surface area contributed by atoms with Gasteiger partial charge in [0, 0.05) is 6.42 Å². The summed E-state index contributed by atoms with van der Waals surface area (Å²) in [6.45, 7) is 2.19. The molecule has 3 heteroatoms. The third-order valence-electron chi connectivity index (χ3n) is 2.55. The summed E-state index contributed by atoms with van der Waals surface area (Å²) in [5, 5.41) is 9.54. The van der Waals surface area contributed by atoms with Gasteiger partial charge in [-0.2, -0.15) is 0 Å². The van der Waals surface area contributed by atoms with Crippen LogP contribution in [0.4, 0.5) is 0 Å². The van der Waals surface area contributed by atoms with Crippen molar-refractivity contribution in [3.8, 4) is 0 Å². The van der Waals surface area contributed by atoms with Crippen LogP contribution in [0.1, 0.15) is 58.3 Å². The fourth-order valence-corrected chi connectivity index (χ4v) is 1.51. The number of ether oxygens (including phenoxy) is 1. The number of hydrogen-bond donors (Lipinski definition) is 1. The van der Waals surface area contributed by atoms with Crippen LogP contribution >= 0.6 is 0 Å². The molecule has 15 heavy (non-hydrogen) atoms. The maximum absolute atomic E-state index is 10.8. The summed E-state index contributed by atoms with van der Waals surface area (Å²) in [7, 11) is 1.37. The lowest BCUT2D eigenvalue weighted by molar-refractivity contribution is -0.141. The normalized spacial score (nSPS) is 12.5. The van der Waals surface area contributed by atoms with Crippen molar-refractivity contribution in [1.29, 1.82) is 0 Å². The Labute approximate surface area is 92.8 Å². The number of methoxy groups -OCH3 is 1. The molecule has 0 bridgehead atoms. The van der Waals surface area contributed by atoms with Gasteiger partial charge in [0.1, 0.15) is 0 Å². The Bertz CT molecular complexity index is 157. The van der Waals surface area contributed by atoms with E-state index in [9.17, 15) is 9.90 Å². The van der Waals surface area contributed by atoms with E-state index in [1.807, 2.05) is 0 Å². The predicted octanol–water partition coefficient (Wildman–Crippen LogP) is 2.66. The highest BCUT2D eigenvalue weighted by atomic mass is 16.5. The van der Waals surface area contributed by atoms with Gasteiger partial charge in [-0.3, -0.25) is 4.79 Å². The summed E-state index contributed by atoms with van der Waals surface area (Å²) in [6.07, 6.45) is 7.33. The molecule has 0 heterocycles. The van der Waals surface area contributed by atoms with E-state index in [0.717, 1.165) is 12.8 Å². The minimum absolute atomic E-state index is 0.236. The van der Waals surface area contributed by atoms with E-state index in [4.69, 9.17) is 0 Å². The Morgan fingerprint density at radius 3 is 2.47 bits per heavy atom. The lowest BCUT2D eigenvalue weighted by Gasteiger charge is -2.09. The first-order chi connectivity index (χ1) is 7.20. The molecule has 0 aliphatic heterocycles. The van der Waals surface area contributed by atoms with E-state index >= 15 is 0 Å². The topological polar surface area (TPSA) is 46.5 Å². The van der Waals surface area contributed by atoms with Crippen LogP contribution in [-0.2, 0) is 9.53 Å². The fraction of sp³-hybridized carbons (Fsp3) is 0.917. The summed E-state index contributed by atoms with van der Waals surface area (Å²) < 4.78 is 4.51. The number of aliphatic hydroxyl groups excluding tert-OH is 1. The van der Waals surface area contributed by atoms with Crippen molar-refractivity contribution >= 4 is 5.97 Å². The van der Waals surface area contributed by atoms with E-state index < -0.39 is 0 Å². The molecule has 3 nitrogen and oxygen atoms in total. The highest BCUT2D eigenvalue weighted by Crippen LogP contribution is 2.10. The summed E-state index contributed by atoms with van der Waals surface area (Å²) in [6, 6.07) is 0. The molecule has 1 N–H and O–H groups in total. The van der Waals surface area contributed by atoms with Gasteiger partial charge in [0.25, 0.3) is 0 Å². The van der Waals surface area contributed by atoms with Crippen molar-refractivity contribution in [3.05, 3.63) is 0 Å². The maximum atomic E-state index is 10.8. The second-order valence-electron chi connectivity index (χ2n) is 3.97. The third kappa shape index (κ3) is 9.73. The molecule has 1 unspecified atom stereocenters. The Kier molecular flexibility index (Phi) is 9.59. The quantitative estimate of drug-likeness (QED) is 0.476. The van der Waals surface area contributed by atoms with Gasteiger partial charge in [0.2, 0.25) is 0 Å². The minimum atomic E-state index is -0.342. The van der Waals surface area contributed by atoms with Crippen LogP contribution < -0.4 is 0 Å². The predicted molar refractivity (Wildman–Crippen MR) is 60.6 cm³/mol. The molecule has 90 valence electrons. The first kappa shape index (κ1) is 14.4. The molecule has 0 aliphatic rings. The van der Waals surface area contributed by atoms with Crippen LogP contribution in [0.5, 0.6) is 0 Å². The Hall–Kier alpha value is -0.570. The second-order valence-corrected chi connectivity index (χ2v) is 3.97. The lowest BCUT2D eigenvalue weighted by atomic mass is 10.1. The standard InChI is InChI=1S/C12H24O3/c1-3-4-5-6-7-8-11(13)9-10-12(14)15-2/h11,13H,3-10H2,1-2H3. The monoisotopic (exact) mass is 216 g/mol. The molecular formula is C12H24O3. The molecule has 0 rings (SSSR count). The first-order valence-electron chi connectivity index (χ1n) is 5.95. The van der Waals surface area contributed by atoms with Gasteiger partial charge in [-0.1, -0.05) is 39.0 Å². The number of rotatable bonds is 9. The number of esters is 1. The number of aliphatic hydroxyl groups is 1. The molecule has 0 aromatic heterocycles. The molecule has 0 aromatic carbocycles. The average molecular weight is 216 g/mol. The zero-order valence-corrected chi connectivity index (χ0v) is 10.00. The first-order valence-corrected chi connectivity index (χ1v) is 5.95. The molecule has 0 aromatic rings. The van der Waals surface area contributed by atoms with E-state index in [2.05, 4.69) is 11.7 Å². The van der Waals surface area contributed by atoms with Gasteiger partial charge in [0.05, 0.1) is 13.2 Å². The molecule has 0 saturated heterocycles. The largest absolute Gasteiger partial charge is 0.469 e. The van der Waals surface area contributed by atoms with Crippen LogP contribution in [0.25, 0.3) is 0 Å². The maximum Gasteiger partial charge on any atom is 0.305 e. The van der Waals surface area contributed by atoms with Gasteiger partial charge in [-0.25, -0.2) is 0 Å². The smallest absolute Gasteiger partial charge is 0.305 e. The van der Waals surface area contributed by atoms with Crippen LogP contribution in [0, 0.1) is 0 Å². The zero-order valence-electron chi connectivity index (χ0n) is 10.00. The van der Waals surface area contributed by atoms with Gasteiger partial charge in [-0.15, -0.1) is 0 Å². The molecule has 0 radical (unpaired) electrons. The van der Waals surface area contributed by atoms with Crippen LogP contribution in [-0.4, -0.2) is 24.3 Å². The molecule has 0 spiro atoms. The van der Waals surface area contributed by atoms with Crippen LogP contribution in [0.3, 0.4) is 0 Å². The highest BCUT2D eigenvalue weighted by molar-refractivity contribution is 5.69. The highest BCUT2D eigenvalue weighted by Gasteiger charge is 2.07. The van der Waals surface area contributed by atoms with Crippen molar-refractivity contribution in [2.45, 2.75) is 64.4 Å². The number of carbonyl (C=O) groups excluding carboxylic acids is 1.